The average Bonchev–Trinajstić information content (AvgIpc) is 2.59. The van der Waals surface area contributed by atoms with Crippen molar-refractivity contribution in [2.24, 2.45) is 0 Å². The molecule has 3 N–H and O–H groups in total. The molecule has 0 atom stereocenters. The molecule has 26 heavy (non-hydrogen) atoms. The third-order valence-corrected chi connectivity index (χ3v) is 3.45. The lowest BCUT2D eigenvalue weighted by Gasteiger charge is -2.09. The van der Waals surface area contributed by atoms with E-state index in [1.807, 2.05) is 19.1 Å². The van der Waals surface area contributed by atoms with Gasteiger partial charge < -0.3 is 20.3 Å². The lowest BCUT2D eigenvalue weighted by molar-refractivity contribution is -0.159. The highest BCUT2D eigenvalue weighted by molar-refractivity contribution is 6.27. The van der Waals surface area contributed by atoms with Crippen LogP contribution in [0.25, 0.3) is 0 Å². The number of methoxy groups -OCH3 is 1. The van der Waals surface area contributed by atoms with Crippen molar-refractivity contribution in [1.82, 2.24) is 5.32 Å². The van der Waals surface area contributed by atoms with Crippen LogP contribution in [0.3, 0.4) is 0 Å². The Hall–Kier alpha value is -2.93. The fourth-order valence-electron chi connectivity index (χ4n) is 2.21. The summed E-state index contributed by atoms with van der Waals surface area (Å²) in [5.41, 5.74) is 3.38. The second kappa shape index (κ2) is 10.8. The maximum atomic E-state index is 13.0. The summed E-state index contributed by atoms with van der Waals surface area (Å²) in [5.74, 6) is -2.91. The molecule has 2 aromatic carbocycles. The Labute approximate surface area is 151 Å². The van der Waals surface area contributed by atoms with Crippen LogP contribution in [0.4, 0.5) is 4.39 Å². The van der Waals surface area contributed by atoms with Gasteiger partial charge in [-0.15, -0.1) is 0 Å². The number of rotatable bonds is 6. The van der Waals surface area contributed by atoms with Crippen LogP contribution in [-0.4, -0.2) is 35.8 Å². The zero-order valence-corrected chi connectivity index (χ0v) is 14.7. The largest absolute Gasteiger partial charge is 0.496 e. The Morgan fingerprint density at radius 2 is 1.77 bits per heavy atom. The van der Waals surface area contributed by atoms with Crippen LogP contribution < -0.4 is 10.1 Å². The Bertz CT molecular complexity index is 736. The van der Waals surface area contributed by atoms with Crippen molar-refractivity contribution < 1.29 is 28.9 Å². The first-order chi connectivity index (χ1) is 12.3. The van der Waals surface area contributed by atoms with E-state index < -0.39 is 11.9 Å². The molecule has 7 heteroatoms. The van der Waals surface area contributed by atoms with E-state index in [1.165, 1.54) is 11.6 Å². The van der Waals surface area contributed by atoms with Gasteiger partial charge in [0.1, 0.15) is 11.6 Å². The lowest BCUT2D eigenvalue weighted by atomic mass is 10.1. The zero-order valence-electron chi connectivity index (χ0n) is 14.7. The molecule has 0 aliphatic rings. The minimum Gasteiger partial charge on any atom is -0.496 e. The van der Waals surface area contributed by atoms with Gasteiger partial charge >= 0.3 is 11.9 Å². The molecule has 0 saturated carbocycles. The highest BCUT2D eigenvalue weighted by Crippen LogP contribution is 2.18. The third kappa shape index (κ3) is 7.76. The SMILES string of the molecule is COc1ccc(CNCCc2cccc(F)c2)cc1C.O=C(O)C(=O)O. The molecule has 0 spiro atoms. The maximum Gasteiger partial charge on any atom is 0.414 e. The van der Waals surface area contributed by atoms with Crippen molar-refractivity contribution in [3.63, 3.8) is 0 Å². The molecular formula is C19H22FNO5. The normalized spacial score (nSPS) is 9.81. The zero-order chi connectivity index (χ0) is 19.5. The first-order valence-corrected chi connectivity index (χ1v) is 7.88. The van der Waals surface area contributed by atoms with E-state index in [-0.39, 0.29) is 5.82 Å². The number of benzene rings is 2. The summed E-state index contributed by atoms with van der Waals surface area (Å²) in [7, 11) is 1.68. The molecule has 0 radical (unpaired) electrons. The minimum atomic E-state index is -1.82. The lowest BCUT2D eigenvalue weighted by Crippen LogP contribution is -2.16. The van der Waals surface area contributed by atoms with Crippen LogP contribution >= 0.6 is 0 Å². The van der Waals surface area contributed by atoms with E-state index in [9.17, 15) is 4.39 Å². The molecule has 140 valence electrons. The van der Waals surface area contributed by atoms with Crippen molar-refractivity contribution in [3.05, 3.63) is 65.0 Å². The highest BCUT2D eigenvalue weighted by Gasteiger charge is 2.04. The molecule has 0 fully saturated rings. The van der Waals surface area contributed by atoms with Gasteiger partial charge in [-0.1, -0.05) is 24.3 Å². The topological polar surface area (TPSA) is 95.9 Å². The predicted molar refractivity (Wildman–Crippen MR) is 94.8 cm³/mol. The summed E-state index contributed by atoms with van der Waals surface area (Å²) < 4.78 is 18.3. The number of hydrogen-bond donors (Lipinski definition) is 3. The second-order valence-corrected chi connectivity index (χ2v) is 5.47. The van der Waals surface area contributed by atoms with E-state index in [4.69, 9.17) is 24.5 Å². The van der Waals surface area contributed by atoms with Crippen molar-refractivity contribution in [1.29, 1.82) is 0 Å². The summed E-state index contributed by atoms with van der Waals surface area (Å²) in [6.07, 6.45) is 0.826. The Morgan fingerprint density at radius 3 is 2.31 bits per heavy atom. The van der Waals surface area contributed by atoms with Crippen LogP contribution in [0.1, 0.15) is 16.7 Å². The van der Waals surface area contributed by atoms with Gasteiger partial charge in [0.25, 0.3) is 0 Å². The molecule has 0 amide bonds. The summed E-state index contributed by atoms with van der Waals surface area (Å²) >= 11 is 0. The van der Waals surface area contributed by atoms with Gasteiger partial charge in [0, 0.05) is 6.54 Å². The van der Waals surface area contributed by atoms with Gasteiger partial charge in [-0.05, 0) is 54.8 Å². The van der Waals surface area contributed by atoms with Gasteiger partial charge in [-0.2, -0.15) is 0 Å². The number of carboxylic acids is 2. The molecule has 6 nitrogen and oxygen atoms in total. The fraction of sp³-hybridized carbons (Fsp3) is 0.263. The summed E-state index contributed by atoms with van der Waals surface area (Å²) in [6.45, 7) is 3.67. The van der Waals surface area contributed by atoms with E-state index in [0.717, 1.165) is 36.4 Å². The predicted octanol–water partition coefficient (Wildman–Crippen LogP) is 2.63. The molecule has 0 heterocycles. The molecular weight excluding hydrogens is 341 g/mol. The Balaban J connectivity index is 0.000000487. The number of ether oxygens (including phenoxy) is 1. The molecule has 0 aliphatic carbocycles. The van der Waals surface area contributed by atoms with Crippen molar-refractivity contribution >= 4 is 11.9 Å². The molecule has 2 aromatic rings. The standard InChI is InChI=1S/C17H20FNO.C2H2O4/c1-13-10-15(6-7-17(13)20-2)12-19-9-8-14-4-3-5-16(18)11-14;3-1(4)2(5)6/h3-7,10-11,19H,8-9,12H2,1-2H3;(H,3,4)(H,5,6). The second-order valence-electron chi connectivity index (χ2n) is 5.47. The summed E-state index contributed by atoms with van der Waals surface area (Å²) in [4.78, 5) is 18.2. The van der Waals surface area contributed by atoms with Crippen LogP contribution in [0, 0.1) is 12.7 Å². The quantitative estimate of drug-likeness (QED) is 0.539. The van der Waals surface area contributed by atoms with Gasteiger partial charge in [0.15, 0.2) is 0 Å². The Morgan fingerprint density at radius 1 is 1.08 bits per heavy atom. The number of aryl methyl sites for hydroxylation is 1. The number of halogens is 1. The van der Waals surface area contributed by atoms with Crippen molar-refractivity contribution in [2.45, 2.75) is 19.9 Å². The van der Waals surface area contributed by atoms with E-state index in [2.05, 4.69) is 17.4 Å². The van der Waals surface area contributed by atoms with Gasteiger partial charge in [-0.25, -0.2) is 14.0 Å². The van der Waals surface area contributed by atoms with Crippen LogP contribution in [-0.2, 0) is 22.6 Å². The number of nitrogens with one attached hydrogen (secondary N) is 1. The third-order valence-electron chi connectivity index (χ3n) is 3.45. The minimum absolute atomic E-state index is 0.173. The van der Waals surface area contributed by atoms with Crippen LogP contribution in [0.15, 0.2) is 42.5 Å². The average molecular weight is 363 g/mol. The molecule has 2 rings (SSSR count). The van der Waals surface area contributed by atoms with Gasteiger partial charge in [0.05, 0.1) is 7.11 Å². The molecule has 0 aromatic heterocycles. The Kier molecular flexibility index (Phi) is 8.80. The molecule has 0 unspecified atom stereocenters. The van der Waals surface area contributed by atoms with Gasteiger partial charge in [0.2, 0.25) is 0 Å². The van der Waals surface area contributed by atoms with E-state index in [0.29, 0.717) is 0 Å². The maximum absolute atomic E-state index is 13.0. The van der Waals surface area contributed by atoms with Crippen LogP contribution in [0.5, 0.6) is 5.75 Å². The summed E-state index contributed by atoms with van der Waals surface area (Å²) in [5, 5.41) is 18.2. The van der Waals surface area contributed by atoms with Crippen LogP contribution in [0.2, 0.25) is 0 Å². The van der Waals surface area contributed by atoms with Gasteiger partial charge in [-0.3, -0.25) is 0 Å². The highest BCUT2D eigenvalue weighted by atomic mass is 19.1. The number of carbonyl (C=O) groups is 2. The first kappa shape index (κ1) is 21.1. The number of hydrogen-bond acceptors (Lipinski definition) is 4. The fourth-order valence-corrected chi connectivity index (χ4v) is 2.21. The number of aliphatic carboxylic acids is 2. The van der Waals surface area contributed by atoms with E-state index in [1.54, 1.807) is 19.2 Å². The summed E-state index contributed by atoms with van der Waals surface area (Å²) in [6, 6.07) is 12.9. The smallest absolute Gasteiger partial charge is 0.414 e. The number of carboxylic acid groups (broad SMARTS) is 2. The monoisotopic (exact) mass is 363 g/mol. The van der Waals surface area contributed by atoms with Crippen molar-refractivity contribution in [2.75, 3.05) is 13.7 Å². The molecule has 0 bridgehead atoms. The van der Waals surface area contributed by atoms with Crippen molar-refractivity contribution in [3.8, 4) is 5.75 Å². The van der Waals surface area contributed by atoms with E-state index >= 15 is 0 Å². The molecule has 0 saturated heterocycles. The molecule has 0 aliphatic heterocycles. The first-order valence-electron chi connectivity index (χ1n) is 7.88.